The van der Waals surface area contributed by atoms with E-state index < -0.39 is 159 Å². The molecule has 93 heavy (non-hydrogen) atoms. The zero-order valence-corrected chi connectivity index (χ0v) is 54.2. The zero-order chi connectivity index (χ0) is 62.8. The molecule has 0 saturated heterocycles. The fourth-order valence-electron chi connectivity index (χ4n) is 7.76. The minimum absolute atomic E-state index is 0. The molecule has 2 aromatic rings. The van der Waals surface area contributed by atoms with Gasteiger partial charge in [0, 0.05) is 32.2 Å². The molecule has 0 amide bonds. The Morgan fingerprint density at radius 3 is 1.13 bits per heavy atom. The molecule has 8 atom stereocenters. The molecule has 8 unspecified atom stereocenters. The summed E-state index contributed by atoms with van der Waals surface area (Å²) in [6, 6.07) is 8.41. The molecular formula is C53H98F6Li2N2O20P2S8. The summed E-state index contributed by atoms with van der Waals surface area (Å²) < 4.78 is 193. The maximum Gasteiger partial charge on any atom is 1.00 e. The fraction of sp³-hybridized carbons (Fsp3) is 0.698. The number of carbonyl (C=O) groups excluding carboxylic acids is 4. The third-order valence-corrected chi connectivity index (χ3v) is 23.7. The van der Waals surface area contributed by atoms with Crippen LogP contribution in [-0.2, 0) is 120 Å². The first-order valence-electron chi connectivity index (χ1n) is 23.2. The molecule has 0 aliphatic rings. The Morgan fingerprint density at radius 2 is 0.839 bits per heavy atom. The van der Waals surface area contributed by atoms with Crippen molar-refractivity contribution in [2.45, 2.75) is 194 Å². The number of hydrogen-bond acceptors (Lipinski definition) is 22. The van der Waals surface area contributed by atoms with Crippen LogP contribution < -0.4 is 47.5 Å². The van der Waals surface area contributed by atoms with Gasteiger partial charge < -0.3 is 47.2 Å². The van der Waals surface area contributed by atoms with Gasteiger partial charge in [-0.3, -0.25) is 19.2 Å². The van der Waals surface area contributed by atoms with Crippen LogP contribution in [0.15, 0.2) is 58.3 Å². The van der Waals surface area contributed by atoms with E-state index in [0.717, 1.165) is 24.3 Å². The minimum Gasteiger partial charge on any atom is -0.617 e. The molecule has 0 spiro atoms. The van der Waals surface area contributed by atoms with Crippen LogP contribution in [0.2, 0.25) is 0 Å². The molecule has 0 aromatic heterocycles. The van der Waals surface area contributed by atoms with Crippen molar-refractivity contribution in [3.63, 3.8) is 0 Å². The second kappa shape index (κ2) is 50.5. The molecule has 0 saturated carbocycles. The van der Waals surface area contributed by atoms with Crippen LogP contribution >= 0.6 is 13.8 Å². The van der Waals surface area contributed by atoms with Crippen molar-refractivity contribution >= 4 is 119 Å². The maximum absolute atomic E-state index is 13.1. The molecular weight excluding hydrogens is 1430 g/mol. The molecule has 0 heterocycles. The molecule has 40 heteroatoms. The number of nitrogens with zero attached hydrogens (tertiary/aromatic N) is 2. The van der Waals surface area contributed by atoms with E-state index >= 15 is 0 Å². The number of rotatable bonds is 30. The summed E-state index contributed by atoms with van der Waals surface area (Å²) in [5.41, 5.74) is -14.9. The van der Waals surface area contributed by atoms with E-state index in [1.54, 1.807) is 34.6 Å². The Balaban J connectivity index is -0.000000125. The first-order valence-corrected chi connectivity index (χ1v) is 36.6. The van der Waals surface area contributed by atoms with Gasteiger partial charge in [0.1, 0.15) is 52.3 Å². The number of sulfonamides is 4. The number of carbonyl (C=O) groups is 4. The summed E-state index contributed by atoms with van der Waals surface area (Å²) in [6.45, 7) is 5.78. The van der Waals surface area contributed by atoms with Crippen molar-refractivity contribution in [3.8, 4) is 0 Å². The second-order valence-electron chi connectivity index (χ2n) is 18.5. The molecule has 2 aromatic carbocycles. The largest absolute Gasteiger partial charge is 1.00 e. The summed E-state index contributed by atoms with van der Waals surface area (Å²) >= 11 is 9.21. The Bertz CT molecular complexity index is 3120. The average molecular weight is 1530 g/mol. The summed E-state index contributed by atoms with van der Waals surface area (Å²) in [5.74, 6) is -4.74. The topological polar surface area (TPSA) is 357 Å². The standard InChI is InChI=1S/C22H30F3NO10PS4.C21H28F3NO10PS4.10CH4.2Li/c1-5-20(3,18(28)36-14-37(30)39-38)13-21(4,19(29)35-11-10-27)12-15(2)16-6-8-17(9-7-16)40(31,32)26-41(33,34)22(23,24)25;1-4-15(18(27)35-13-36(29)38-37)12-20(3,19(28)34-10-9-26)11-14(2)16-5-7-17(8-6-16)39(30,31)25-40(32,33)21(22,23)24;;;;;;;;;;;;/h6-9,15,27H,5,10-14H2,1-4H3;5-8,14-15,26H,4,9-13H2,1-3H3;10*1H4;;/q2*-1;;;;;;;;;;;2*+1. The predicted octanol–water partition coefficient (Wildman–Crippen LogP) is 6.29. The van der Waals surface area contributed by atoms with Crippen molar-refractivity contribution in [2.75, 3.05) is 39.1 Å². The average Bonchev–Trinajstić information content (AvgIpc) is 1.30. The van der Waals surface area contributed by atoms with Gasteiger partial charge in [0.05, 0.1) is 35.4 Å². The Hall–Kier alpha value is -1.87. The summed E-state index contributed by atoms with van der Waals surface area (Å²) in [4.78, 5) is 73.2. The number of esters is 4. The normalized spacial score (nSPS) is 14.1. The smallest absolute Gasteiger partial charge is 0.617 e. The molecule has 0 fully saturated rings. The Kier molecular flexibility index (Phi) is 64.1. The van der Waals surface area contributed by atoms with Crippen molar-refractivity contribution in [1.29, 1.82) is 0 Å². The maximum atomic E-state index is 13.1. The third-order valence-electron chi connectivity index (χ3n) is 12.0. The minimum atomic E-state index is -6.30. The molecule has 542 valence electrons. The van der Waals surface area contributed by atoms with Gasteiger partial charge in [0.25, 0.3) is 12.7 Å². The number of aliphatic hydroxyl groups is 2. The molecule has 22 nitrogen and oxygen atoms in total. The number of ether oxygens (including phenoxy) is 4. The predicted molar refractivity (Wildman–Crippen MR) is 356 cm³/mol. The Morgan fingerprint density at radius 1 is 0.538 bits per heavy atom. The summed E-state index contributed by atoms with van der Waals surface area (Å²) in [6.07, 6.45) is -0.426. The van der Waals surface area contributed by atoms with Gasteiger partial charge in [-0.2, -0.15) is 26.3 Å². The third kappa shape index (κ3) is 36.7. The molecule has 0 aliphatic heterocycles. The second-order valence-corrected chi connectivity index (χ2v) is 33.5. The van der Waals surface area contributed by atoms with Crippen molar-refractivity contribution in [3.05, 3.63) is 67.9 Å². The number of hydrogen-bond donors (Lipinski definition) is 2. The summed E-state index contributed by atoms with van der Waals surface area (Å²) in [7, 11) is -21.8. The van der Waals surface area contributed by atoms with E-state index in [2.05, 4.69) is 22.4 Å². The Labute approximate surface area is 593 Å². The van der Waals surface area contributed by atoms with Gasteiger partial charge in [-0.1, -0.05) is 126 Å². The van der Waals surface area contributed by atoms with E-state index in [9.17, 15) is 89.0 Å². The first kappa shape index (κ1) is 118. The fourth-order valence-corrected chi connectivity index (χ4v) is 14.0. The first-order chi connectivity index (χ1) is 37.0. The van der Waals surface area contributed by atoms with Crippen LogP contribution in [0.3, 0.4) is 0 Å². The van der Waals surface area contributed by atoms with Gasteiger partial charge in [0.2, 0.25) is 0 Å². The van der Waals surface area contributed by atoms with Gasteiger partial charge in [-0.25, -0.2) is 33.7 Å². The van der Waals surface area contributed by atoms with E-state index in [1.807, 2.05) is 8.25 Å². The number of alkyl halides is 6. The van der Waals surface area contributed by atoms with Crippen LogP contribution in [0.4, 0.5) is 26.3 Å². The van der Waals surface area contributed by atoms with Crippen LogP contribution in [0, 0.1) is 22.2 Å². The van der Waals surface area contributed by atoms with Crippen LogP contribution in [0.25, 0.3) is 8.25 Å². The number of halogens is 6. The van der Waals surface area contributed by atoms with Crippen molar-refractivity contribution in [1.82, 2.24) is 0 Å². The van der Waals surface area contributed by atoms with Crippen LogP contribution in [-0.4, -0.2) is 118 Å². The van der Waals surface area contributed by atoms with E-state index in [1.165, 1.54) is 38.1 Å². The molecule has 2 rings (SSSR count). The van der Waals surface area contributed by atoms with Gasteiger partial charge in [-0.05, 0) is 107 Å². The number of benzene rings is 2. The van der Waals surface area contributed by atoms with Crippen LogP contribution in [0.5, 0.6) is 0 Å². The van der Waals surface area contributed by atoms with E-state index in [4.69, 9.17) is 29.2 Å². The molecule has 0 bridgehead atoms. The molecule has 0 aliphatic carbocycles. The zero-order valence-electron chi connectivity index (χ0n) is 45.9. The van der Waals surface area contributed by atoms with Gasteiger partial charge in [0.15, 0.2) is 33.9 Å². The quantitative estimate of drug-likeness (QED) is 0.0285. The summed E-state index contributed by atoms with van der Waals surface area (Å²) in [5, 5.41) is 18.2. The molecule has 0 radical (unpaired) electrons. The van der Waals surface area contributed by atoms with Gasteiger partial charge >= 0.3 is 72.6 Å². The number of aliphatic hydroxyl groups excluding tert-OH is 2. The van der Waals surface area contributed by atoms with E-state index in [-0.39, 0.29) is 164 Å². The van der Waals surface area contributed by atoms with Crippen molar-refractivity contribution in [2.24, 2.45) is 22.2 Å². The van der Waals surface area contributed by atoms with E-state index in [0.29, 0.717) is 30.1 Å². The van der Waals surface area contributed by atoms with Crippen LogP contribution in [0.1, 0.15) is 184 Å². The van der Waals surface area contributed by atoms with Crippen molar-refractivity contribution < 1.29 is 156 Å². The van der Waals surface area contributed by atoms with Gasteiger partial charge in [-0.15, -0.1) is 0 Å². The monoisotopic (exact) mass is 1530 g/mol. The SMILES string of the molecule is C.C.C.C.C.C.C.C.C.C.CCC(C)(CC(C)(CC(C)c1ccc(S(=O)(=O)[N-]S(=O)(=O)C(F)(F)F)cc1)C(=O)OCCO)C(=O)OC[P+]([O-])=S=S.CCC(CC(C)(CC(C)c1ccc(S(=O)(=O)[N-]S(=O)(=O)C(F)(F)F)cc1)C(=O)OCCO)C(=O)OC[P+]([O-])=S=S.[Li+].[Li+]. The molecule has 2 N–H and O–H groups in total.